The number of hydrogen-bond donors (Lipinski definition) is 1. The molecule has 0 bridgehead atoms. The molecule has 1 fully saturated rings. The van der Waals surface area contributed by atoms with E-state index in [1.165, 1.54) is 22.3 Å². The molecule has 3 heterocycles. The number of thiazole rings is 1. The van der Waals surface area contributed by atoms with Crippen molar-refractivity contribution in [1.82, 2.24) is 9.97 Å². The van der Waals surface area contributed by atoms with E-state index in [0.717, 1.165) is 39.9 Å². The van der Waals surface area contributed by atoms with Crippen LogP contribution in [0.1, 0.15) is 27.9 Å². The van der Waals surface area contributed by atoms with Crippen molar-refractivity contribution in [2.24, 2.45) is 0 Å². The van der Waals surface area contributed by atoms with Crippen LogP contribution in [0.5, 0.6) is 5.75 Å². The maximum Gasteiger partial charge on any atom is 0.186 e. The van der Waals surface area contributed by atoms with Gasteiger partial charge in [-0.05, 0) is 31.0 Å². The maximum absolute atomic E-state index is 11.8. The van der Waals surface area contributed by atoms with Crippen molar-refractivity contribution in [3.8, 4) is 5.75 Å². The number of ketones is 1. The van der Waals surface area contributed by atoms with E-state index in [2.05, 4.69) is 27.1 Å². The highest BCUT2D eigenvalue weighted by Gasteiger charge is 2.28. The highest BCUT2D eigenvalue weighted by atomic mass is 32.1. The Morgan fingerprint density at radius 2 is 2.33 bits per heavy atom. The molecule has 27 heavy (non-hydrogen) atoms. The summed E-state index contributed by atoms with van der Waals surface area (Å²) in [4.78, 5) is 22.8. The van der Waals surface area contributed by atoms with Crippen molar-refractivity contribution in [3.63, 3.8) is 0 Å². The minimum Gasteiger partial charge on any atom is -0.497 e. The average Bonchev–Trinajstić information content (AvgIpc) is 3.25. The van der Waals surface area contributed by atoms with Gasteiger partial charge >= 0.3 is 0 Å². The van der Waals surface area contributed by atoms with Crippen LogP contribution in [0.25, 0.3) is 10.9 Å². The Labute approximate surface area is 162 Å². The second kappa shape index (κ2) is 7.32. The van der Waals surface area contributed by atoms with E-state index < -0.39 is 0 Å². The number of Topliss-reactive ketones (excluding diaryl/α,β-unsaturated/α-hetero) is 1. The van der Waals surface area contributed by atoms with E-state index in [1.54, 1.807) is 14.0 Å². The number of carbonyl (C=O) groups excluding carboxylic acids is 1. The smallest absolute Gasteiger partial charge is 0.186 e. The minimum absolute atomic E-state index is 0.0756. The number of aryl methyl sites for hydroxylation is 1. The number of rotatable bonds is 5. The number of methoxy groups -OCH3 is 1. The molecule has 3 aromatic rings. The number of nitrogens with zero attached hydrogens (tertiary/aromatic N) is 2. The Balaban J connectivity index is 1.62. The molecule has 0 aliphatic carbocycles. The van der Waals surface area contributed by atoms with Crippen molar-refractivity contribution in [2.45, 2.75) is 26.3 Å². The summed E-state index contributed by atoms with van der Waals surface area (Å²) < 4.78 is 11.1. The molecule has 0 unspecified atom stereocenters. The third-order valence-corrected chi connectivity index (χ3v) is 6.30. The Morgan fingerprint density at radius 3 is 3.07 bits per heavy atom. The first-order valence-corrected chi connectivity index (χ1v) is 9.85. The molecule has 0 amide bonds. The molecule has 1 atom stereocenters. The second-order valence-corrected chi connectivity index (χ2v) is 7.80. The molecule has 142 valence electrons. The first-order valence-electron chi connectivity index (χ1n) is 9.03. The van der Waals surface area contributed by atoms with Crippen LogP contribution < -0.4 is 9.64 Å². The van der Waals surface area contributed by atoms with E-state index in [4.69, 9.17) is 9.47 Å². The van der Waals surface area contributed by atoms with Gasteiger partial charge in [0.15, 0.2) is 10.9 Å². The van der Waals surface area contributed by atoms with Crippen LogP contribution in [0.15, 0.2) is 24.4 Å². The molecule has 1 aliphatic heterocycles. The third-order valence-electron chi connectivity index (χ3n) is 5.01. The summed E-state index contributed by atoms with van der Waals surface area (Å²) in [7, 11) is 1.67. The van der Waals surface area contributed by atoms with Crippen LogP contribution in [0.4, 0.5) is 5.13 Å². The predicted octanol–water partition coefficient (Wildman–Crippen LogP) is 3.59. The van der Waals surface area contributed by atoms with Crippen LogP contribution >= 0.6 is 11.3 Å². The first-order chi connectivity index (χ1) is 13.1. The average molecular weight is 385 g/mol. The largest absolute Gasteiger partial charge is 0.497 e. The third kappa shape index (κ3) is 3.44. The minimum atomic E-state index is 0.0756. The number of fused-ring (bicyclic) bond motifs is 1. The number of anilines is 1. The van der Waals surface area contributed by atoms with Crippen LogP contribution in [0.3, 0.4) is 0 Å². The Hall–Kier alpha value is -2.38. The topological polar surface area (TPSA) is 67.5 Å². The van der Waals surface area contributed by atoms with Crippen LogP contribution in [0.2, 0.25) is 0 Å². The van der Waals surface area contributed by atoms with Gasteiger partial charge in [-0.25, -0.2) is 4.98 Å². The maximum atomic E-state index is 11.8. The van der Waals surface area contributed by atoms with Crippen molar-refractivity contribution >= 4 is 33.2 Å². The van der Waals surface area contributed by atoms with Gasteiger partial charge in [-0.1, -0.05) is 11.3 Å². The summed E-state index contributed by atoms with van der Waals surface area (Å²) in [5.41, 5.74) is 3.12. The van der Waals surface area contributed by atoms with Gasteiger partial charge in [0.2, 0.25) is 0 Å². The number of ether oxygens (including phenoxy) is 2. The lowest BCUT2D eigenvalue weighted by Gasteiger charge is -2.35. The number of aromatic nitrogens is 2. The SMILES string of the molecule is COc1ccc2c(C[C@H]3COCCN3c3nc(C)c(C(C)=O)s3)c[nH]c2c1. The fourth-order valence-electron chi connectivity index (χ4n) is 3.62. The van der Waals surface area contributed by atoms with Gasteiger partial charge in [0.25, 0.3) is 0 Å². The molecule has 7 heteroatoms. The second-order valence-electron chi connectivity index (χ2n) is 6.82. The normalized spacial score (nSPS) is 17.4. The molecule has 1 saturated heterocycles. The summed E-state index contributed by atoms with van der Waals surface area (Å²) in [6, 6.07) is 6.27. The highest BCUT2D eigenvalue weighted by Crippen LogP contribution is 2.31. The first kappa shape index (κ1) is 18.0. The number of carbonyl (C=O) groups is 1. The fraction of sp³-hybridized carbons (Fsp3) is 0.400. The number of H-pyrrole nitrogens is 1. The van der Waals surface area contributed by atoms with Crippen molar-refractivity contribution in [2.75, 3.05) is 31.8 Å². The van der Waals surface area contributed by atoms with Gasteiger partial charge in [-0.3, -0.25) is 4.79 Å². The standard InChI is InChI=1S/C20H23N3O3S/c1-12-19(13(2)24)27-20(22-12)23-6-7-26-11-15(23)8-14-10-21-18-9-16(25-3)4-5-17(14)18/h4-5,9-10,15,21H,6-8,11H2,1-3H3/t15-/m0/s1. The molecule has 1 aliphatic rings. The Morgan fingerprint density at radius 1 is 1.48 bits per heavy atom. The number of aromatic amines is 1. The van der Waals surface area contributed by atoms with Gasteiger partial charge in [-0.2, -0.15) is 0 Å². The van der Waals surface area contributed by atoms with Crippen molar-refractivity contribution in [1.29, 1.82) is 0 Å². The summed E-state index contributed by atoms with van der Waals surface area (Å²) in [5, 5.41) is 2.11. The summed E-state index contributed by atoms with van der Waals surface area (Å²) in [5.74, 6) is 0.917. The summed E-state index contributed by atoms with van der Waals surface area (Å²) in [6.07, 6.45) is 2.91. The monoisotopic (exact) mass is 385 g/mol. The quantitative estimate of drug-likeness (QED) is 0.680. The summed E-state index contributed by atoms with van der Waals surface area (Å²) >= 11 is 1.48. The lowest BCUT2D eigenvalue weighted by molar-refractivity contribution is 0.0941. The molecule has 1 aromatic carbocycles. The number of hydrogen-bond acceptors (Lipinski definition) is 6. The molecule has 1 N–H and O–H groups in total. The van der Waals surface area contributed by atoms with Gasteiger partial charge in [0.1, 0.15) is 5.75 Å². The van der Waals surface area contributed by atoms with E-state index in [9.17, 15) is 4.79 Å². The van der Waals surface area contributed by atoms with Crippen LogP contribution in [0, 0.1) is 6.92 Å². The van der Waals surface area contributed by atoms with Gasteiger partial charge in [-0.15, -0.1) is 0 Å². The molecule has 6 nitrogen and oxygen atoms in total. The highest BCUT2D eigenvalue weighted by molar-refractivity contribution is 7.17. The van der Waals surface area contributed by atoms with Crippen LogP contribution in [-0.2, 0) is 11.2 Å². The number of nitrogens with one attached hydrogen (secondary N) is 1. The zero-order valence-electron chi connectivity index (χ0n) is 15.7. The van der Waals surface area contributed by atoms with E-state index in [-0.39, 0.29) is 11.8 Å². The molecular weight excluding hydrogens is 362 g/mol. The molecule has 0 saturated carbocycles. The van der Waals surface area contributed by atoms with Crippen molar-refractivity contribution < 1.29 is 14.3 Å². The fourth-order valence-corrected chi connectivity index (χ4v) is 4.68. The molecule has 2 aromatic heterocycles. The Kier molecular flexibility index (Phi) is 4.88. The zero-order chi connectivity index (χ0) is 19.0. The summed E-state index contributed by atoms with van der Waals surface area (Å²) in [6.45, 7) is 5.61. The lowest BCUT2D eigenvalue weighted by atomic mass is 10.0. The number of morpholine rings is 1. The molecule has 0 radical (unpaired) electrons. The van der Waals surface area contributed by atoms with Crippen LogP contribution in [-0.4, -0.2) is 48.7 Å². The number of benzene rings is 1. The van der Waals surface area contributed by atoms with E-state index in [1.807, 2.05) is 19.1 Å². The lowest BCUT2D eigenvalue weighted by Crippen LogP contribution is -2.46. The van der Waals surface area contributed by atoms with Gasteiger partial charge < -0.3 is 19.4 Å². The Bertz CT molecular complexity index is 978. The van der Waals surface area contributed by atoms with Gasteiger partial charge in [0.05, 0.1) is 36.9 Å². The predicted molar refractivity (Wildman–Crippen MR) is 107 cm³/mol. The van der Waals surface area contributed by atoms with Crippen molar-refractivity contribution in [3.05, 3.63) is 40.5 Å². The molecular formula is C20H23N3O3S. The molecule has 4 rings (SSSR count). The van der Waals surface area contributed by atoms with Gasteiger partial charge in [0, 0.05) is 36.6 Å². The molecule has 0 spiro atoms. The van der Waals surface area contributed by atoms with E-state index in [0.29, 0.717) is 13.2 Å². The van der Waals surface area contributed by atoms with E-state index >= 15 is 0 Å². The zero-order valence-corrected chi connectivity index (χ0v) is 16.6.